The fraction of sp³-hybridized carbons (Fsp3) is 0.706. The van der Waals surface area contributed by atoms with E-state index in [-0.39, 0.29) is 0 Å². The second-order valence-corrected chi connectivity index (χ2v) is 7.84. The number of likely N-dealkylation sites (tertiary alicyclic amines) is 1. The molecule has 0 aliphatic carbocycles. The van der Waals surface area contributed by atoms with Crippen LogP contribution in [0.2, 0.25) is 0 Å². The van der Waals surface area contributed by atoms with Crippen molar-refractivity contribution in [3.05, 3.63) is 23.2 Å². The van der Waals surface area contributed by atoms with Gasteiger partial charge < -0.3 is 9.47 Å². The van der Waals surface area contributed by atoms with E-state index in [0.29, 0.717) is 5.92 Å². The van der Waals surface area contributed by atoms with Crippen molar-refractivity contribution in [1.29, 1.82) is 0 Å². The topological polar surface area (TPSA) is 50.1 Å². The Balaban J connectivity index is 1.45. The molecule has 0 saturated carbocycles. The quantitative estimate of drug-likeness (QED) is 0.852. The minimum Gasteiger partial charge on any atom is -0.347 e. The fourth-order valence-electron chi connectivity index (χ4n) is 3.92. The molecule has 2 aliphatic heterocycles. The first-order valence-corrected chi connectivity index (χ1v) is 9.94. The van der Waals surface area contributed by atoms with E-state index < -0.39 is 0 Å². The maximum absolute atomic E-state index is 4.56. The summed E-state index contributed by atoms with van der Waals surface area (Å²) in [4.78, 5) is 9.38. The van der Waals surface area contributed by atoms with Gasteiger partial charge in [-0.2, -0.15) is 0 Å². The lowest BCUT2D eigenvalue weighted by Crippen LogP contribution is -2.35. The largest absolute Gasteiger partial charge is 0.347 e. The summed E-state index contributed by atoms with van der Waals surface area (Å²) in [5.74, 6) is 2.71. The lowest BCUT2D eigenvalue weighted by atomic mass is 9.97. The number of nitrogens with zero attached hydrogens (tertiary/aromatic N) is 6. The first-order chi connectivity index (χ1) is 11.8. The first-order valence-electron chi connectivity index (χ1n) is 9.06. The monoisotopic (exact) mass is 346 g/mol. The number of hydrogen-bond acceptors (Lipinski definition) is 6. The summed E-state index contributed by atoms with van der Waals surface area (Å²) >= 11 is 1.72. The molecule has 130 valence electrons. The molecule has 4 heterocycles. The molecule has 0 N–H and O–H groups in total. The van der Waals surface area contributed by atoms with Crippen LogP contribution in [0.4, 0.5) is 5.13 Å². The smallest absolute Gasteiger partial charge is 0.185 e. The molecule has 0 amide bonds. The van der Waals surface area contributed by atoms with Crippen LogP contribution in [0.5, 0.6) is 0 Å². The van der Waals surface area contributed by atoms with E-state index in [9.17, 15) is 0 Å². The number of piperidine rings is 2. The van der Waals surface area contributed by atoms with Gasteiger partial charge in [-0.25, -0.2) is 4.98 Å². The van der Waals surface area contributed by atoms with Crippen LogP contribution in [0.15, 0.2) is 11.6 Å². The average Bonchev–Trinajstić information content (AvgIpc) is 3.27. The third-order valence-corrected chi connectivity index (χ3v) is 6.12. The van der Waals surface area contributed by atoms with Crippen molar-refractivity contribution in [2.45, 2.75) is 44.6 Å². The summed E-state index contributed by atoms with van der Waals surface area (Å²) < 4.78 is 2.24. The lowest BCUT2D eigenvalue weighted by molar-refractivity contribution is 0.213. The van der Waals surface area contributed by atoms with E-state index >= 15 is 0 Å². The predicted molar refractivity (Wildman–Crippen MR) is 96.4 cm³/mol. The summed E-state index contributed by atoms with van der Waals surface area (Å²) in [5, 5.41) is 12.3. The van der Waals surface area contributed by atoms with Crippen molar-refractivity contribution in [2.24, 2.45) is 7.05 Å². The zero-order valence-corrected chi connectivity index (χ0v) is 15.2. The minimum absolute atomic E-state index is 0.454. The molecule has 1 atom stereocenters. The van der Waals surface area contributed by atoms with Gasteiger partial charge in [0.1, 0.15) is 11.6 Å². The zero-order chi connectivity index (χ0) is 16.4. The Morgan fingerprint density at radius 1 is 1.12 bits per heavy atom. The molecule has 0 spiro atoms. The van der Waals surface area contributed by atoms with Gasteiger partial charge in [-0.05, 0) is 38.8 Å². The molecule has 2 aliphatic rings. The number of aromatic nitrogens is 4. The Hall–Kier alpha value is -1.47. The zero-order valence-electron chi connectivity index (χ0n) is 14.4. The van der Waals surface area contributed by atoms with Gasteiger partial charge in [0.15, 0.2) is 5.13 Å². The molecule has 4 rings (SSSR count). The standard InChI is InChI=1S/C17H26N6S/c1-21-15(13-22-8-3-2-4-9-22)19-20-16(21)14-6-5-10-23(12-14)17-18-7-11-24-17/h7,11,14H,2-6,8-10,12-13H2,1H3/t14-/m0/s1. The van der Waals surface area contributed by atoms with E-state index in [0.717, 1.165) is 36.4 Å². The second-order valence-electron chi connectivity index (χ2n) is 6.97. The molecule has 0 unspecified atom stereocenters. The molecule has 2 fully saturated rings. The highest BCUT2D eigenvalue weighted by molar-refractivity contribution is 7.13. The summed E-state index contributed by atoms with van der Waals surface area (Å²) in [6.45, 7) is 5.44. The van der Waals surface area contributed by atoms with Crippen molar-refractivity contribution >= 4 is 16.5 Å². The van der Waals surface area contributed by atoms with E-state index in [1.54, 1.807) is 11.3 Å². The molecule has 2 aromatic rings. The average molecular weight is 347 g/mol. The van der Waals surface area contributed by atoms with Crippen LogP contribution in [0, 0.1) is 0 Å². The Labute approximate surface area is 147 Å². The van der Waals surface area contributed by atoms with Gasteiger partial charge in [0.05, 0.1) is 6.54 Å². The minimum atomic E-state index is 0.454. The fourth-order valence-corrected chi connectivity index (χ4v) is 4.60. The summed E-state index contributed by atoms with van der Waals surface area (Å²) in [7, 11) is 2.14. The van der Waals surface area contributed by atoms with Crippen molar-refractivity contribution in [1.82, 2.24) is 24.6 Å². The van der Waals surface area contributed by atoms with Crippen molar-refractivity contribution < 1.29 is 0 Å². The number of anilines is 1. The van der Waals surface area contributed by atoms with Crippen LogP contribution >= 0.6 is 11.3 Å². The van der Waals surface area contributed by atoms with Gasteiger partial charge in [-0.1, -0.05) is 6.42 Å². The maximum Gasteiger partial charge on any atom is 0.185 e. The number of rotatable bonds is 4. The summed E-state index contributed by atoms with van der Waals surface area (Å²) in [5.41, 5.74) is 0. The van der Waals surface area contributed by atoms with Crippen molar-refractivity contribution in [2.75, 3.05) is 31.1 Å². The van der Waals surface area contributed by atoms with Crippen molar-refractivity contribution in [3.8, 4) is 0 Å². The Kier molecular flexibility index (Phi) is 4.80. The van der Waals surface area contributed by atoms with Gasteiger partial charge >= 0.3 is 0 Å². The van der Waals surface area contributed by atoms with E-state index in [2.05, 4.69) is 42.0 Å². The highest BCUT2D eigenvalue weighted by Crippen LogP contribution is 2.30. The van der Waals surface area contributed by atoms with E-state index in [1.807, 2.05) is 6.20 Å². The van der Waals surface area contributed by atoms with Gasteiger partial charge in [-0.3, -0.25) is 4.90 Å². The molecule has 6 nitrogen and oxygen atoms in total. The van der Waals surface area contributed by atoms with Gasteiger partial charge in [0.25, 0.3) is 0 Å². The second kappa shape index (κ2) is 7.19. The van der Waals surface area contributed by atoms with Crippen LogP contribution in [-0.4, -0.2) is 50.8 Å². The number of hydrogen-bond donors (Lipinski definition) is 0. The maximum atomic E-state index is 4.56. The lowest BCUT2D eigenvalue weighted by Gasteiger charge is -2.32. The van der Waals surface area contributed by atoms with Crippen LogP contribution in [-0.2, 0) is 13.6 Å². The Morgan fingerprint density at radius 2 is 2.00 bits per heavy atom. The Bertz CT molecular complexity index is 646. The van der Waals surface area contributed by atoms with Gasteiger partial charge in [0, 0.05) is 37.6 Å². The SMILES string of the molecule is Cn1c(CN2CCCCC2)nnc1[C@H]1CCCN(c2nccs2)C1. The molecule has 0 bridgehead atoms. The van der Waals surface area contributed by atoms with Gasteiger partial charge in [-0.15, -0.1) is 21.5 Å². The van der Waals surface area contributed by atoms with E-state index in [1.165, 1.54) is 45.2 Å². The normalized spacial score (nSPS) is 22.9. The van der Waals surface area contributed by atoms with Gasteiger partial charge in [0.2, 0.25) is 0 Å². The first kappa shape index (κ1) is 16.0. The third-order valence-electron chi connectivity index (χ3n) is 5.29. The van der Waals surface area contributed by atoms with E-state index in [4.69, 9.17) is 0 Å². The van der Waals surface area contributed by atoms with Crippen LogP contribution in [0.25, 0.3) is 0 Å². The van der Waals surface area contributed by atoms with Crippen LogP contribution in [0.3, 0.4) is 0 Å². The molecule has 0 radical (unpaired) electrons. The third kappa shape index (κ3) is 3.32. The van der Waals surface area contributed by atoms with Crippen LogP contribution in [0.1, 0.15) is 49.7 Å². The molecule has 2 aromatic heterocycles. The Morgan fingerprint density at radius 3 is 2.79 bits per heavy atom. The molecule has 0 aromatic carbocycles. The molecule has 24 heavy (non-hydrogen) atoms. The predicted octanol–water partition coefficient (Wildman–Crippen LogP) is 2.64. The molecule has 7 heteroatoms. The van der Waals surface area contributed by atoms with Crippen molar-refractivity contribution in [3.63, 3.8) is 0 Å². The highest BCUT2D eigenvalue weighted by atomic mass is 32.1. The summed E-state index contributed by atoms with van der Waals surface area (Å²) in [6.07, 6.45) is 8.28. The van der Waals surface area contributed by atoms with Crippen LogP contribution < -0.4 is 4.90 Å². The summed E-state index contributed by atoms with van der Waals surface area (Å²) in [6, 6.07) is 0. The molecule has 2 saturated heterocycles. The molecular formula is C17H26N6S. The number of thiazole rings is 1. The highest BCUT2D eigenvalue weighted by Gasteiger charge is 2.27. The molecular weight excluding hydrogens is 320 g/mol.